The molecule has 0 radical (unpaired) electrons. The predicted molar refractivity (Wildman–Crippen MR) is 166 cm³/mol. The smallest absolute Gasteiger partial charge is 0.316 e. The number of carbonyl (C=O) groups is 1. The summed E-state index contributed by atoms with van der Waals surface area (Å²) in [4.78, 5) is 29.7. The molecule has 0 aliphatic heterocycles. The van der Waals surface area contributed by atoms with Crippen LogP contribution in [0.4, 0.5) is 16.2 Å². The number of nitrogens with one attached hydrogen (secondary N) is 2. The standard InChI is InChI=1S/C34H37N5O3/c40-34(37-32-16-18-33(19-17-32)39(41)42)38(25-29-7-4-20-35-23-29)24-28-10-14-31(15-11-28)30-12-8-27(9-13-30)22-36-21-26-5-2-1-3-6-26/h4,7-20,23,26,36H,1-3,5-6,21-22,24-25H2,(H,37,40). The Bertz CT molecular complexity index is 1440. The van der Waals surface area contributed by atoms with Gasteiger partial charge in [-0.1, -0.05) is 73.9 Å². The quantitative estimate of drug-likeness (QED) is 0.145. The maximum Gasteiger partial charge on any atom is 0.322 e. The normalized spacial score (nSPS) is 13.4. The number of rotatable bonds is 11. The minimum atomic E-state index is -0.464. The van der Waals surface area contributed by atoms with Gasteiger partial charge in [-0.3, -0.25) is 15.1 Å². The number of pyridine rings is 1. The van der Waals surface area contributed by atoms with Crippen molar-refractivity contribution in [1.82, 2.24) is 15.2 Å². The molecule has 8 heteroatoms. The van der Waals surface area contributed by atoms with Crippen molar-refractivity contribution in [3.8, 4) is 11.1 Å². The zero-order valence-electron chi connectivity index (χ0n) is 23.7. The second-order valence-corrected chi connectivity index (χ2v) is 11.0. The number of nitro groups is 1. The van der Waals surface area contributed by atoms with Crippen molar-refractivity contribution < 1.29 is 9.72 Å². The molecule has 5 rings (SSSR count). The number of urea groups is 1. The van der Waals surface area contributed by atoms with E-state index >= 15 is 0 Å². The van der Waals surface area contributed by atoms with Gasteiger partial charge >= 0.3 is 6.03 Å². The third-order valence-corrected chi connectivity index (χ3v) is 7.81. The third-order valence-electron chi connectivity index (χ3n) is 7.81. The fraction of sp³-hybridized carbons (Fsp3) is 0.294. The van der Waals surface area contributed by atoms with Gasteiger partial charge in [0.15, 0.2) is 0 Å². The molecule has 1 saturated carbocycles. The summed E-state index contributed by atoms with van der Waals surface area (Å²) in [5.41, 5.74) is 5.92. The molecule has 2 amide bonds. The molecule has 1 heterocycles. The number of hydrogen-bond donors (Lipinski definition) is 2. The number of amides is 2. The zero-order chi connectivity index (χ0) is 29.1. The van der Waals surface area contributed by atoms with Crippen LogP contribution in [0.25, 0.3) is 11.1 Å². The van der Waals surface area contributed by atoms with Crippen LogP contribution in [0.1, 0.15) is 48.8 Å². The SMILES string of the molecule is O=C(Nc1ccc([N+](=O)[O-])cc1)N(Cc1ccc(-c2ccc(CNCC3CCCCC3)cc2)cc1)Cc1cccnc1. The van der Waals surface area contributed by atoms with E-state index in [-0.39, 0.29) is 11.7 Å². The van der Waals surface area contributed by atoms with Gasteiger partial charge in [-0.25, -0.2) is 4.79 Å². The van der Waals surface area contributed by atoms with Crippen LogP contribution in [-0.4, -0.2) is 27.4 Å². The van der Waals surface area contributed by atoms with Gasteiger partial charge in [0.25, 0.3) is 5.69 Å². The highest BCUT2D eigenvalue weighted by Gasteiger charge is 2.16. The van der Waals surface area contributed by atoms with Crippen LogP contribution < -0.4 is 10.6 Å². The Morgan fingerprint density at radius 2 is 1.48 bits per heavy atom. The van der Waals surface area contributed by atoms with E-state index in [1.54, 1.807) is 17.3 Å². The minimum Gasteiger partial charge on any atom is -0.316 e. The molecule has 0 saturated heterocycles. The molecule has 8 nitrogen and oxygen atoms in total. The summed E-state index contributed by atoms with van der Waals surface area (Å²) in [5.74, 6) is 0.824. The van der Waals surface area contributed by atoms with Crippen LogP contribution in [0.3, 0.4) is 0 Å². The summed E-state index contributed by atoms with van der Waals surface area (Å²) in [6, 6.07) is 26.3. The summed E-state index contributed by atoms with van der Waals surface area (Å²) in [5, 5.41) is 17.5. The molecule has 0 atom stereocenters. The Morgan fingerprint density at radius 3 is 2.10 bits per heavy atom. The lowest BCUT2D eigenvalue weighted by atomic mass is 9.89. The van der Waals surface area contributed by atoms with Gasteiger partial charge in [0.05, 0.1) is 4.92 Å². The lowest BCUT2D eigenvalue weighted by Crippen LogP contribution is -2.34. The summed E-state index contributed by atoms with van der Waals surface area (Å²) < 4.78 is 0. The van der Waals surface area contributed by atoms with Crippen molar-refractivity contribution in [3.05, 3.63) is 124 Å². The first-order valence-corrected chi connectivity index (χ1v) is 14.6. The number of nitro benzene ring substituents is 1. The van der Waals surface area contributed by atoms with E-state index in [9.17, 15) is 14.9 Å². The van der Waals surface area contributed by atoms with Crippen molar-refractivity contribution in [3.63, 3.8) is 0 Å². The fourth-order valence-electron chi connectivity index (χ4n) is 5.43. The predicted octanol–water partition coefficient (Wildman–Crippen LogP) is 7.56. The molecule has 216 valence electrons. The molecule has 0 bridgehead atoms. The average Bonchev–Trinajstić information content (AvgIpc) is 3.03. The molecule has 1 aromatic heterocycles. The highest BCUT2D eigenvalue weighted by Crippen LogP contribution is 2.24. The van der Waals surface area contributed by atoms with Crippen LogP contribution >= 0.6 is 0 Å². The van der Waals surface area contributed by atoms with Crippen molar-refractivity contribution >= 4 is 17.4 Å². The molecule has 0 unspecified atom stereocenters. The lowest BCUT2D eigenvalue weighted by Gasteiger charge is -2.23. The summed E-state index contributed by atoms with van der Waals surface area (Å²) >= 11 is 0. The molecule has 1 aliphatic rings. The largest absolute Gasteiger partial charge is 0.322 e. The Balaban J connectivity index is 1.21. The Labute approximate surface area is 247 Å². The minimum absolute atomic E-state index is 0.0266. The highest BCUT2D eigenvalue weighted by atomic mass is 16.6. The van der Waals surface area contributed by atoms with E-state index in [0.29, 0.717) is 18.8 Å². The van der Waals surface area contributed by atoms with E-state index in [4.69, 9.17) is 0 Å². The summed E-state index contributed by atoms with van der Waals surface area (Å²) in [6.07, 6.45) is 10.3. The van der Waals surface area contributed by atoms with Crippen molar-refractivity contribution in [2.24, 2.45) is 5.92 Å². The third kappa shape index (κ3) is 8.24. The van der Waals surface area contributed by atoms with E-state index < -0.39 is 4.92 Å². The molecule has 3 aromatic carbocycles. The second-order valence-electron chi connectivity index (χ2n) is 11.0. The van der Waals surface area contributed by atoms with Gasteiger partial charge in [-0.05, 0) is 71.3 Å². The van der Waals surface area contributed by atoms with Gasteiger partial charge in [-0.2, -0.15) is 0 Å². The van der Waals surface area contributed by atoms with Gasteiger partial charge < -0.3 is 15.5 Å². The van der Waals surface area contributed by atoms with E-state index in [2.05, 4.69) is 52.0 Å². The van der Waals surface area contributed by atoms with Crippen LogP contribution in [0.5, 0.6) is 0 Å². The first-order valence-electron chi connectivity index (χ1n) is 14.6. The Morgan fingerprint density at radius 1 is 0.833 bits per heavy atom. The molecule has 4 aromatic rings. The number of hydrogen-bond acceptors (Lipinski definition) is 5. The maximum atomic E-state index is 13.3. The maximum absolute atomic E-state index is 13.3. The fourth-order valence-corrected chi connectivity index (χ4v) is 5.43. The van der Waals surface area contributed by atoms with Crippen LogP contribution in [0, 0.1) is 16.0 Å². The van der Waals surface area contributed by atoms with Crippen LogP contribution in [-0.2, 0) is 19.6 Å². The van der Waals surface area contributed by atoms with Crippen LogP contribution in [0.15, 0.2) is 97.3 Å². The molecule has 2 N–H and O–H groups in total. The molecular weight excluding hydrogens is 526 g/mol. The molecule has 42 heavy (non-hydrogen) atoms. The monoisotopic (exact) mass is 563 g/mol. The summed E-state index contributed by atoms with van der Waals surface area (Å²) in [6.45, 7) is 2.75. The van der Waals surface area contributed by atoms with Gasteiger partial charge in [0.2, 0.25) is 0 Å². The first-order chi connectivity index (χ1) is 20.5. The zero-order valence-corrected chi connectivity index (χ0v) is 23.7. The molecule has 1 aliphatic carbocycles. The molecule has 0 spiro atoms. The number of aromatic nitrogens is 1. The Hall–Kier alpha value is -4.56. The topological polar surface area (TPSA) is 100 Å². The van der Waals surface area contributed by atoms with Crippen molar-refractivity contribution in [2.45, 2.75) is 51.7 Å². The van der Waals surface area contributed by atoms with Crippen LogP contribution in [0.2, 0.25) is 0 Å². The number of non-ortho nitro benzene ring substituents is 1. The van der Waals surface area contributed by atoms with Gasteiger partial charge in [0, 0.05) is 49.8 Å². The van der Waals surface area contributed by atoms with Gasteiger partial charge in [0.1, 0.15) is 0 Å². The second kappa shape index (κ2) is 14.4. The number of nitrogens with zero attached hydrogens (tertiary/aromatic N) is 3. The number of benzene rings is 3. The first kappa shape index (κ1) is 29.0. The molecule has 1 fully saturated rings. The molecular formula is C34H37N5O3. The van der Waals surface area contributed by atoms with Crippen molar-refractivity contribution in [2.75, 3.05) is 11.9 Å². The number of carbonyl (C=O) groups excluding carboxylic acids is 1. The number of anilines is 1. The van der Waals surface area contributed by atoms with E-state index in [0.717, 1.165) is 41.3 Å². The average molecular weight is 564 g/mol. The summed E-state index contributed by atoms with van der Waals surface area (Å²) in [7, 11) is 0. The lowest BCUT2D eigenvalue weighted by molar-refractivity contribution is -0.384. The van der Waals surface area contributed by atoms with E-state index in [1.807, 2.05) is 24.3 Å². The van der Waals surface area contributed by atoms with E-state index in [1.165, 1.54) is 61.9 Å². The van der Waals surface area contributed by atoms with Gasteiger partial charge in [-0.15, -0.1) is 0 Å². The Kier molecular flexibility index (Phi) is 9.90. The highest BCUT2D eigenvalue weighted by molar-refractivity contribution is 5.89. The van der Waals surface area contributed by atoms with Crippen molar-refractivity contribution in [1.29, 1.82) is 0 Å².